The van der Waals surface area contributed by atoms with Crippen molar-refractivity contribution in [3.8, 4) is 17.0 Å². The third kappa shape index (κ3) is 4.18. The first-order chi connectivity index (χ1) is 12.7. The number of benzene rings is 1. The van der Waals surface area contributed by atoms with Crippen LogP contribution in [0.15, 0.2) is 64.0 Å². The zero-order chi connectivity index (χ0) is 18.4. The van der Waals surface area contributed by atoms with Crippen LogP contribution in [-0.4, -0.2) is 29.3 Å². The fourth-order valence-electron chi connectivity index (χ4n) is 2.45. The summed E-state index contributed by atoms with van der Waals surface area (Å²) in [5, 5.41) is 7.14. The van der Waals surface area contributed by atoms with E-state index in [0.717, 1.165) is 11.3 Å². The van der Waals surface area contributed by atoms with Gasteiger partial charge in [0.2, 0.25) is 0 Å². The van der Waals surface area contributed by atoms with Crippen LogP contribution in [0.4, 0.5) is 0 Å². The zero-order valence-corrected chi connectivity index (χ0v) is 14.3. The molecular formula is C19H19N3O4. The van der Waals surface area contributed by atoms with Gasteiger partial charge in [-0.15, -0.1) is 0 Å². The van der Waals surface area contributed by atoms with Gasteiger partial charge in [-0.1, -0.05) is 0 Å². The minimum absolute atomic E-state index is 0.181. The molecule has 0 aliphatic rings. The molecule has 0 unspecified atom stereocenters. The summed E-state index contributed by atoms with van der Waals surface area (Å²) in [6.45, 7) is 0.821. The van der Waals surface area contributed by atoms with Gasteiger partial charge in [-0.05, 0) is 48.9 Å². The number of nitrogens with zero attached hydrogens (tertiary/aromatic N) is 2. The molecule has 2 heterocycles. The van der Waals surface area contributed by atoms with Gasteiger partial charge in [0.05, 0.1) is 19.1 Å². The van der Waals surface area contributed by atoms with E-state index in [1.807, 2.05) is 24.3 Å². The predicted molar refractivity (Wildman–Crippen MR) is 96.1 cm³/mol. The number of aromatic nitrogens is 2. The van der Waals surface area contributed by atoms with Crippen LogP contribution in [-0.2, 0) is 6.54 Å². The summed E-state index contributed by atoms with van der Waals surface area (Å²) in [7, 11) is 1.61. The van der Waals surface area contributed by atoms with Crippen LogP contribution >= 0.6 is 0 Å². The molecule has 0 saturated heterocycles. The van der Waals surface area contributed by atoms with E-state index >= 15 is 0 Å². The first kappa shape index (κ1) is 17.5. The molecule has 0 saturated carbocycles. The third-order valence-electron chi connectivity index (χ3n) is 3.83. The summed E-state index contributed by atoms with van der Waals surface area (Å²) < 4.78 is 11.6. The van der Waals surface area contributed by atoms with Crippen LogP contribution in [0.2, 0.25) is 0 Å². The van der Waals surface area contributed by atoms with Crippen LogP contribution in [0.5, 0.6) is 5.75 Å². The molecule has 0 bridgehead atoms. The number of hydrogen-bond donors (Lipinski definition) is 1. The lowest BCUT2D eigenvalue weighted by atomic mass is 10.1. The maximum absolute atomic E-state index is 12.0. The molecule has 0 atom stereocenters. The van der Waals surface area contributed by atoms with Crippen molar-refractivity contribution in [1.82, 2.24) is 15.1 Å². The topological polar surface area (TPSA) is 86.4 Å². The highest BCUT2D eigenvalue weighted by molar-refractivity contribution is 5.91. The number of carbonyl (C=O) groups excluding carboxylic acids is 1. The average Bonchev–Trinajstić information content (AvgIpc) is 3.21. The van der Waals surface area contributed by atoms with Crippen LogP contribution < -0.4 is 15.6 Å². The molecular weight excluding hydrogens is 334 g/mol. The van der Waals surface area contributed by atoms with E-state index in [4.69, 9.17) is 9.15 Å². The summed E-state index contributed by atoms with van der Waals surface area (Å²) in [6.07, 6.45) is 2.02. The fraction of sp³-hybridized carbons (Fsp3) is 0.211. The molecule has 26 heavy (non-hydrogen) atoms. The molecule has 1 amide bonds. The summed E-state index contributed by atoms with van der Waals surface area (Å²) in [5.74, 6) is 0.749. The van der Waals surface area contributed by atoms with Crippen LogP contribution in [0.1, 0.15) is 17.0 Å². The highest BCUT2D eigenvalue weighted by Crippen LogP contribution is 2.19. The number of hydrogen-bond acceptors (Lipinski definition) is 5. The second-order valence-corrected chi connectivity index (χ2v) is 5.60. The maximum Gasteiger partial charge on any atom is 0.286 e. The lowest BCUT2D eigenvalue weighted by Gasteiger charge is -2.08. The van der Waals surface area contributed by atoms with Gasteiger partial charge in [0, 0.05) is 24.7 Å². The van der Waals surface area contributed by atoms with Crippen molar-refractivity contribution in [2.24, 2.45) is 0 Å². The van der Waals surface area contributed by atoms with Crippen LogP contribution in [0, 0.1) is 0 Å². The van der Waals surface area contributed by atoms with Gasteiger partial charge in [-0.3, -0.25) is 9.59 Å². The van der Waals surface area contributed by atoms with Gasteiger partial charge in [-0.25, -0.2) is 4.68 Å². The lowest BCUT2D eigenvalue weighted by Crippen LogP contribution is -2.27. The number of rotatable bonds is 7. The quantitative estimate of drug-likeness (QED) is 0.659. The molecule has 0 aliphatic heterocycles. The SMILES string of the molecule is COc1ccc(-c2ccc(=O)n(CCCNC(=O)c3ccco3)n2)cc1. The standard InChI is InChI=1S/C19H19N3O4/c1-25-15-7-5-14(6-8-15)16-9-10-18(23)22(21-16)12-3-11-20-19(24)17-4-2-13-26-17/h2,4-10,13H,3,11-12H2,1H3,(H,20,24). The van der Waals surface area contributed by atoms with Crippen molar-refractivity contribution in [2.75, 3.05) is 13.7 Å². The Morgan fingerprint density at radius 3 is 2.69 bits per heavy atom. The molecule has 1 N–H and O–H groups in total. The van der Waals surface area contributed by atoms with E-state index in [1.54, 1.807) is 25.3 Å². The van der Waals surface area contributed by atoms with E-state index in [-0.39, 0.29) is 17.2 Å². The smallest absolute Gasteiger partial charge is 0.286 e. The van der Waals surface area contributed by atoms with Crippen LogP contribution in [0.25, 0.3) is 11.3 Å². The minimum atomic E-state index is -0.276. The molecule has 0 aliphatic carbocycles. The normalized spacial score (nSPS) is 10.5. The number of furan rings is 1. The minimum Gasteiger partial charge on any atom is -0.497 e. The Labute approximate surface area is 150 Å². The largest absolute Gasteiger partial charge is 0.497 e. The Hall–Kier alpha value is -3.35. The molecule has 134 valence electrons. The van der Waals surface area contributed by atoms with Crippen molar-refractivity contribution >= 4 is 5.91 Å². The molecule has 3 rings (SSSR count). The Bertz CT molecular complexity index is 915. The number of ether oxygens (including phenoxy) is 1. The molecule has 0 radical (unpaired) electrons. The molecule has 0 spiro atoms. The van der Waals surface area contributed by atoms with Gasteiger partial charge in [0.15, 0.2) is 5.76 Å². The number of amides is 1. The van der Waals surface area contributed by atoms with Crippen LogP contribution in [0.3, 0.4) is 0 Å². The molecule has 0 fully saturated rings. The van der Waals surface area contributed by atoms with Gasteiger partial charge >= 0.3 is 0 Å². The van der Waals surface area contributed by atoms with Gasteiger partial charge < -0.3 is 14.5 Å². The van der Waals surface area contributed by atoms with E-state index in [1.165, 1.54) is 17.0 Å². The van der Waals surface area contributed by atoms with Crippen molar-refractivity contribution in [3.05, 3.63) is 70.9 Å². The van der Waals surface area contributed by atoms with Crippen molar-refractivity contribution in [1.29, 1.82) is 0 Å². The fourth-order valence-corrected chi connectivity index (χ4v) is 2.45. The first-order valence-corrected chi connectivity index (χ1v) is 8.21. The van der Waals surface area contributed by atoms with Crippen molar-refractivity contribution in [3.63, 3.8) is 0 Å². The average molecular weight is 353 g/mol. The highest BCUT2D eigenvalue weighted by Gasteiger charge is 2.08. The Morgan fingerprint density at radius 1 is 1.19 bits per heavy atom. The predicted octanol–water partition coefficient (Wildman–Crippen LogP) is 2.33. The van der Waals surface area contributed by atoms with E-state index in [2.05, 4.69) is 10.4 Å². The summed E-state index contributed by atoms with van der Waals surface area (Å²) in [5.41, 5.74) is 1.41. The molecule has 3 aromatic rings. The third-order valence-corrected chi connectivity index (χ3v) is 3.83. The molecule has 2 aromatic heterocycles. The van der Waals surface area contributed by atoms with Gasteiger partial charge in [-0.2, -0.15) is 5.10 Å². The summed E-state index contributed by atoms with van der Waals surface area (Å²) in [4.78, 5) is 23.8. The second kappa shape index (κ2) is 8.15. The van der Waals surface area contributed by atoms with Crippen molar-refractivity contribution < 1.29 is 13.9 Å². The summed E-state index contributed by atoms with van der Waals surface area (Å²) in [6, 6.07) is 13.9. The van der Waals surface area contributed by atoms with Crippen molar-refractivity contribution in [2.45, 2.75) is 13.0 Å². The summed E-state index contributed by atoms with van der Waals surface area (Å²) >= 11 is 0. The number of carbonyl (C=O) groups is 1. The Balaban J connectivity index is 1.60. The number of nitrogens with one attached hydrogen (secondary N) is 1. The zero-order valence-electron chi connectivity index (χ0n) is 14.3. The molecule has 7 nitrogen and oxygen atoms in total. The lowest BCUT2D eigenvalue weighted by molar-refractivity contribution is 0.0925. The maximum atomic E-state index is 12.0. The van der Waals surface area contributed by atoms with E-state index in [0.29, 0.717) is 25.2 Å². The Kier molecular flexibility index (Phi) is 5.48. The number of aryl methyl sites for hydroxylation is 1. The monoisotopic (exact) mass is 353 g/mol. The number of methoxy groups -OCH3 is 1. The molecule has 1 aromatic carbocycles. The van der Waals surface area contributed by atoms with Gasteiger partial charge in [0.1, 0.15) is 5.75 Å². The van der Waals surface area contributed by atoms with E-state index in [9.17, 15) is 9.59 Å². The molecule has 7 heteroatoms. The van der Waals surface area contributed by atoms with Gasteiger partial charge in [0.25, 0.3) is 11.5 Å². The Morgan fingerprint density at radius 2 is 2.00 bits per heavy atom. The second-order valence-electron chi connectivity index (χ2n) is 5.60. The van der Waals surface area contributed by atoms with E-state index < -0.39 is 0 Å². The highest BCUT2D eigenvalue weighted by atomic mass is 16.5. The first-order valence-electron chi connectivity index (χ1n) is 8.21.